The molecule has 1 saturated carbocycles. The first-order chi connectivity index (χ1) is 10.2. The molecule has 0 bridgehead atoms. The molecule has 1 aromatic rings. The van der Waals surface area contributed by atoms with Crippen LogP contribution in [0.25, 0.3) is 0 Å². The molecule has 1 aliphatic rings. The smallest absolute Gasteiger partial charge is 0.264 e. The van der Waals surface area contributed by atoms with Gasteiger partial charge in [-0.3, -0.25) is 4.79 Å². The third-order valence-corrected chi connectivity index (χ3v) is 5.52. The molecule has 0 aliphatic heterocycles. The van der Waals surface area contributed by atoms with Crippen molar-refractivity contribution in [2.45, 2.75) is 64.8 Å². The van der Waals surface area contributed by atoms with Crippen molar-refractivity contribution in [1.29, 1.82) is 0 Å². The van der Waals surface area contributed by atoms with Crippen LogP contribution in [-0.4, -0.2) is 35.1 Å². The minimum atomic E-state index is 0.155. The number of hydrogen-bond donors (Lipinski definition) is 1. The highest BCUT2D eigenvalue weighted by Gasteiger charge is 2.30. The second-order valence-corrected chi connectivity index (χ2v) is 6.96. The van der Waals surface area contributed by atoms with Crippen LogP contribution in [0.3, 0.4) is 0 Å². The number of hydrogen-bond acceptors (Lipinski definition) is 3. The summed E-state index contributed by atoms with van der Waals surface area (Å²) in [6.07, 6.45) is 7.32. The molecule has 118 valence electrons. The minimum Gasteiger partial charge on any atom is -0.396 e. The normalized spacial score (nSPS) is 15.0. The molecule has 1 amide bonds. The fourth-order valence-electron chi connectivity index (χ4n) is 2.84. The molecule has 0 aromatic carbocycles. The van der Waals surface area contributed by atoms with Crippen LogP contribution in [0.4, 0.5) is 0 Å². The highest BCUT2D eigenvalue weighted by atomic mass is 32.1. The molecule has 0 saturated heterocycles. The zero-order valence-corrected chi connectivity index (χ0v) is 14.0. The molecule has 4 heteroatoms. The Hall–Kier alpha value is -0.870. The summed E-state index contributed by atoms with van der Waals surface area (Å²) in [5.41, 5.74) is 1.33. The summed E-state index contributed by atoms with van der Waals surface area (Å²) < 4.78 is 0. The predicted molar refractivity (Wildman–Crippen MR) is 88.1 cm³/mol. The van der Waals surface area contributed by atoms with Crippen molar-refractivity contribution in [3.63, 3.8) is 0 Å². The lowest BCUT2D eigenvalue weighted by Gasteiger charge is -2.37. The number of carbonyl (C=O) groups is 1. The molecule has 0 atom stereocenters. The van der Waals surface area contributed by atoms with Gasteiger partial charge in [0.25, 0.3) is 5.91 Å². The van der Waals surface area contributed by atoms with Crippen LogP contribution in [-0.2, 0) is 12.8 Å². The summed E-state index contributed by atoms with van der Waals surface area (Å²) in [6.45, 7) is 5.18. The van der Waals surface area contributed by atoms with E-state index in [2.05, 4.69) is 19.9 Å². The zero-order chi connectivity index (χ0) is 15.2. The standard InChI is InChI=1S/C17H27NO2S/c1-3-7-15-13(4-2)12-16(21-15)17(20)18(10-6-11-19)14-8-5-9-14/h12,14,19H,3-11H2,1-2H3. The van der Waals surface area contributed by atoms with Gasteiger partial charge in [0.15, 0.2) is 0 Å². The Balaban J connectivity index is 2.15. The number of aliphatic hydroxyl groups excluding tert-OH is 1. The average Bonchev–Trinajstić information content (AvgIpc) is 2.84. The molecule has 1 fully saturated rings. The van der Waals surface area contributed by atoms with Crippen molar-refractivity contribution in [3.8, 4) is 0 Å². The number of carbonyl (C=O) groups excluding carboxylic acids is 1. The van der Waals surface area contributed by atoms with Gasteiger partial charge in [0.1, 0.15) is 0 Å². The Morgan fingerprint density at radius 1 is 1.43 bits per heavy atom. The number of amides is 1. The first-order valence-corrected chi connectivity index (χ1v) is 9.06. The van der Waals surface area contributed by atoms with Gasteiger partial charge in [-0.25, -0.2) is 0 Å². The second kappa shape index (κ2) is 7.95. The number of rotatable bonds is 8. The van der Waals surface area contributed by atoms with E-state index in [1.807, 2.05) is 4.90 Å². The van der Waals surface area contributed by atoms with Crippen molar-refractivity contribution in [1.82, 2.24) is 4.90 Å². The number of thiophene rings is 1. The summed E-state index contributed by atoms with van der Waals surface area (Å²) in [5.74, 6) is 0.176. The van der Waals surface area contributed by atoms with Crippen LogP contribution in [0.15, 0.2) is 6.07 Å². The number of nitrogens with zero attached hydrogens (tertiary/aromatic N) is 1. The zero-order valence-electron chi connectivity index (χ0n) is 13.2. The first kappa shape index (κ1) is 16.5. The highest BCUT2D eigenvalue weighted by molar-refractivity contribution is 7.14. The van der Waals surface area contributed by atoms with Crippen LogP contribution in [0.5, 0.6) is 0 Å². The summed E-state index contributed by atoms with van der Waals surface area (Å²) in [6, 6.07) is 2.49. The summed E-state index contributed by atoms with van der Waals surface area (Å²) in [5, 5.41) is 9.06. The lowest BCUT2D eigenvalue weighted by atomic mass is 9.91. The van der Waals surface area contributed by atoms with Gasteiger partial charge in [0.05, 0.1) is 4.88 Å². The van der Waals surface area contributed by atoms with E-state index in [0.717, 1.165) is 37.0 Å². The van der Waals surface area contributed by atoms with Gasteiger partial charge in [-0.15, -0.1) is 11.3 Å². The molecule has 1 aliphatic carbocycles. The average molecular weight is 309 g/mol. The largest absolute Gasteiger partial charge is 0.396 e. The molecule has 0 radical (unpaired) electrons. The van der Waals surface area contributed by atoms with Gasteiger partial charge in [0, 0.05) is 24.1 Å². The van der Waals surface area contributed by atoms with E-state index in [1.54, 1.807) is 11.3 Å². The van der Waals surface area contributed by atoms with E-state index in [4.69, 9.17) is 5.11 Å². The Kier molecular flexibility index (Phi) is 6.24. The van der Waals surface area contributed by atoms with Crippen molar-refractivity contribution < 1.29 is 9.90 Å². The topological polar surface area (TPSA) is 40.5 Å². The van der Waals surface area contributed by atoms with Gasteiger partial charge >= 0.3 is 0 Å². The lowest BCUT2D eigenvalue weighted by molar-refractivity contribution is 0.0567. The SMILES string of the molecule is CCCc1sc(C(=O)N(CCCO)C2CCC2)cc1CC. The summed E-state index contributed by atoms with van der Waals surface area (Å²) in [7, 11) is 0. The van der Waals surface area contributed by atoms with Crippen LogP contribution in [0.1, 0.15) is 66.1 Å². The van der Waals surface area contributed by atoms with E-state index in [1.165, 1.54) is 16.9 Å². The van der Waals surface area contributed by atoms with E-state index in [-0.39, 0.29) is 12.5 Å². The van der Waals surface area contributed by atoms with Gasteiger partial charge in [0.2, 0.25) is 0 Å². The number of aryl methyl sites for hydroxylation is 2. The number of aliphatic hydroxyl groups is 1. The van der Waals surface area contributed by atoms with Crippen molar-refractivity contribution in [3.05, 3.63) is 21.4 Å². The van der Waals surface area contributed by atoms with E-state index in [9.17, 15) is 4.79 Å². The summed E-state index contributed by atoms with van der Waals surface area (Å²) in [4.78, 5) is 17.1. The lowest BCUT2D eigenvalue weighted by Crippen LogP contribution is -2.44. The molecule has 21 heavy (non-hydrogen) atoms. The maximum atomic E-state index is 12.8. The Labute approximate surface area is 132 Å². The molecule has 1 aromatic heterocycles. The van der Waals surface area contributed by atoms with Crippen molar-refractivity contribution in [2.75, 3.05) is 13.2 Å². The van der Waals surface area contributed by atoms with E-state index >= 15 is 0 Å². The molecule has 3 nitrogen and oxygen atoms in total. The van der Waals surface area contributed by atoms with Crippen molar-refractivity contribution in [2.24, 2.45) is 0 Å². The molecular formula is C17H27NO2S. The monoisotopic (exact) mass is 309 g/mol. The van der Waals surface area contributed by atoms with E-state index < -0.39 is 0 Å². The van der Waals surface area contributed by atoms with Crippen LogP contribution >= 0.6 is 11.3 Å². The Morgan fingerprint density at radius 2 is 2.19 bits per heavy atom. The maximum absolute atomic E-state index is 12.8. The third-order valence-electron chi connectivity index (χ3n) is 4.30. The van der Waals surface area contributed by atoms with Crippen molar-refractivity contribution >= 4 is 17.2 Å². The molecular weight excluding hydrogens is 282 g/mol. The van der Waals surface area contributed by atoms with Crippen LogP contribution < -0.4 is 0 Å². The predicted octanol–water partition coefficient (Wildman–Crippen LogP) is 3.64. The van der Waals surface area contributed by atoms with Gasteiger partial charge < -0.3 is 10.0 Å². The minimum absolute atomic E-state index is 0.155. The van der Waals surface area contributed by atoms with Gasteiger partial charge in [-0.05, 0) is 50.2 Å². The highest BCUT2D eigenvalue weighted by Crippen LogP contribution is 2.30. The van der Waals surface area contributed by atoms with E-state index in [0.29, 0.717) is 19.0 Å². The van der Waals surface area contributed by atoms with Crippen LogP contribution in [0.2, 0.25) is 0 Å². The molecule has 2 rings (SSSR count). The third kappa shape index (κ3) is 3.86. The second-order valence-electron chi connectivity index (χ2n) is 5.82. The quantitative estimate of drug-likeness (QED) is 0.796. The summed E-state index contributed by atoms with van der Waals surface area (Å²) >= 11 is 1.68. The molecule has 1 heterocycles. The van der Waals surface area contributed by atoms with Gasteiger partial charge in [-0.1, -0.05) is 20.3 Å². The van der Waals surface area contributed by atoms with Crippen LogP contribution in [0, 0.1) is 0 Å². The Bertz CT molecular complexity index is 465. The Morgan fingerprint density at radius 3 is 2.71 bits per heavy atom. The molecule has 1 N–H and O–H groups in total. The fourth-order valence-corrected chi connectivity index (χ4v) is 4.15. The first-order valence-electron chi connectivity index (χ1n) is 8.24. The molecule has 0 unspecified atom stereocenters. The fraction of sp³-hybridized carbons (Fsp3) is 0.706. The maximum Gasteiger partial charge on any atom is 0.264 e. The van der Waals surface area contributed by atoms with Gasteiger partial charge in [-0.2, -0.15) is 0 Å². The molecule has 0 spiro atoms.